The highest BCUT2D eigenvalue weighted by atomic mass is 19.1. The van der Waals surface area contributed by atoms with Crippen molar-refractivity contribution in [1.82, 2.24) is 0 Å². The number of halogens is 1. The number of para-hydroxylation sites is 1. The lowest BCUT2D eigenvalue weighted by Gasteiger charge is -2.23. The molecule has 3 aromatic carbocycles. The number of ether oxygens (including phenoxy) is 3. The van der Waals surface area contributed by atoms with Gasteiger partial charge in [0.25, 0.3) is 0 Å². The van der Waals surface area contributed by atoms with Crippen molar-refractivity contribution in [2.45, 2.75) is 51.4 Å². The molecule has 3 N–H and O–H groups in total. The van der Waals surface area contributed by atoms with Gasteiger partial charge in [-0.1, -0.05) is 36.4 Å². The van der Waals surface area contributed by atoms with Gasteiger partial charge in [-0.3, -0.25) is 4.79 Å². The average Bonchev–Trinajstić information content (AvgIpc) is 2.87. The number of rotatable bonds is 10. The maximum Gasteiger partial charge on any atom is 0.307 e. The fourth-order valence-electron chi connectivity index (χ4n) is 4.35. The van der Waals surface area contributed by atoms with Crippen LogP contribution in [-0.2, 0) is 22.6 Å². The molecule has 190 valence electrons. The predicted octanol–water partition coefficient (Wildman–Crippen LogP) is 5.67. The van der Waals surface area contributed by atoms with Crippen molar-refractivity contribution < 1.29 is 28.5 Å². The molecule has 3 aromatic rings. The Morgan fingerprint density at radius 3 is 2.72 bits per heavy atom. The van der Waals surface area contributed by atoms with Crippen LogP contribution in [0.25, 0.3) is 11.1 Å². The minimum atomic E-state index is -0.932. The Morgan fingerprint density at radius 2 is 1.97 bits per heavy atom. The Kier molecular flexibility index (Phi) is 8.57. The quantitative estimate of drug-likeness (QED) is 0.378. The molecule has 0 spiro atoms. The topological polar surface area (TPSA) is 91.0 Å². The first-order valence-corrected chi connectivity index (χ1v) is 12.3. The van der Waals surface area contributed by atoms with Gasteiger partial charge in [0.2, 0.25) is 0 Å². The molecule has 1 aliphatic heterocycles. The zero-order valence-corrected chi connectivity index (χ0v) is 20.4. The van der Waals surface area contributed by atoms with Crippen LogP contribution in [0.15, 0.2) is 60.7 Å². The van der Waals surface area contributed by atoms with E-state index >= 15 is 4.39 Å². The second kappa shape index (κ2) is 12.0. The third kappa shape index (κ3) is 6.62. The normalized spacial score (nSPS) is 16.4. The lowest BCUT2D eigenvalue weighted by molar-refractivity contribution is -0.136. The van der Waals surface area contributed by atoms with E-state index < -0.39 is 12.0 Å². The van der Waals surface area contributed by atoms with Crippen LogP contribution in [0.2, 0.25) is 0 Å². The molecule has 0 bridgehead atoms. The van der Waals surface area contributed by atoms with Crippen molar-refractivity contribution in [3.63, 3.8) is 0 Å². The van der Waals surface area contributed by atoms with Gasteiger partial charge in [-0.05, 0) is 61.6 Å². The highest BCUT2D eigenvalue weighted by Gasteiger charge is 2.17. The first-order chi connectivity index (χ1) is 17.4. The van der Waals surface area contributed by atoms with Gasteiger partial charge in [-0.15, -0.1) is 0 Å². The molecule has 0 saturated carbocycles. The van der Waals surface area contributed by atoms with E-state index in [1.165, 1.54) is 0 Å². The van der Waals surface area contributed by atoms with Crippen molar-refractivity contribution in [2.24, 2.45) is 5.73 Å². The minimum Gasteiger partial charge on any atom is -0.491 e. The van der Waals surface area contributed by atoms with Gasteiger partial charge < -0.3 is 25.1 Å². The van der Waals surface area contributed by atoms with E-state index in [1.54, 1.807) is 49.4 Å². The Morgan fingerprint density at radius 1 is 1.14 bits per heavy atom. The van der Waals surface area contributed by atoms with Gasteiger partial charge >= 0.3 is 5.97 Å². The minimum absolute atomic E-state index is 0.0307. The first kappa shape index (κ1) is 25.7. The lowest BCUT2D eigenvalue weighted by atomic mass is 9.97. The Bertz CT molecular complexity index is 1190. The summed E-state index contributed by atoms with van der Waals surface area (Å²) in [5.74, 6) is -0.213. The van der Waals surface area contributed by atoms with Crippen LogP contribution < -0.4 is 15.2 Å². The number of hydrogen-bond donors (Lipinski definition) is 2. The van der Waals surface area contributed by atoms with Crippen molar-refractivity contribution in [3.05, 3.63) is 83.2 Å². The highest BCUT2D eigenvalue weighted by Crippen LogP contribution is 2.32. The van der Waals surface area contributed by atoms with Gasteiger partial charge in [-0.2, -0.15) is 0 Å². The summed E-state index contributed by atoms with van der Waals surface area (Å²) < 4.78 is 33.2. The molecule has 7 heteroatoms. The fraction of sp³-hybridized carbons (Fsp3) is 0.345. The van der Waals surface area contributed by atoms with E-state index in [-0.39, 0.29) is 24.9 Å². The monoisotopic (exact) mass is 493 g/mol. The number of carboxylic acids is 1. The highest BCUT2D eigenvalue weighted by molar-refractivity contribution is 5.71. The van der Waals surface area contributed by atoms with E-state index in [0.29, 0.717) is 40.4 Å². The Balaban J connectivity index is 1.62. The molecule has 1 fully saturated rings. The first-order valence-electron chi connectivity index (χ1n) is 12.3. The molecule has 0 amide bonds. The summed E-state index contributed by atoms with van der Waals surface area (Å²) >= 11 is 0. The second-order valence-electron chi connectivity index (χ2n) is 9.13. The van der Waals surface area contributed by atoms with E-state index in [1.807, 2.05) is 18.2 Å². The van der Waals surface area contributed by atoms with E-state index in [0.717, 1.165) is 31.4 Å². The number of carboxylic acid groups (broad SMARTS) is 1. The summed E-state index contributed by atoms with van der Waals surface area (Å²) in [4.78, 5) is 11.2. The second-order valence-corrected chi connectivity index (χ2v) is 9.13. The molecule has 1 heterocycles. The molecule has 0 aromatic heterocycles. The van der Waals surface area contributed by atoms with Crippen molar-refractivity contribution >= 4 is 5.97 Å². The fourth-order valence-corrected chi connectivity index (χ4v) is 4.35. The molecular weight excluding hydrogens is 461 g/mol. The number of benzene rings is 3. The summed E-state index contributed by atoms with van der Waals surface area (Å²) in [5.41, 5.74) is 8.84. The van der Waals surface area contributed by atoms with E-state index in [2.05, 4.69) is 0 Å². The third-order valence-electron chi connectivity index (χ3n) is 6.21. The molecule has 1 unspecified atom stereocenters. The zero-order valence-electron chi connectivity index (χ0n) is 20.4. The molecule has 36 heavy (non-hydrogen) atoms. The standard InChI is InChI=1S/C29H32FNO5/c1-19(31)25-9-6-10-26(29(25)30)22-13-20(14-24(15-22)35-18-23-8-4-5-12-34-23)17-36-27-11-3-2-7-21(27)16-28(32)33/h2-3,6-7,9-11,13-15,19,23H,4-5,8,12,16-18,31H2,1H3,(H,32,33)/t19-,23?/m1/s1. The van der Waals surface area contributed by atoms with Crippen molar-refractivity contribution in [3.8, 4) is 22.6 Å². The van der Waals surface area contributed by atoms with E-state index in [9.17, 15) is 9.90 Å². The SMILES string of the molecule is C[C@@H](N)c1cccc(-c2cc(COc3ccccc3CC(=O)O)cc(OCC3CCCCO3)c2)c1F. The van der Waals surface area contributed by atoms with Crippen LogP contribution in [0.4, 0.5) is 4.39 Å². The average molecular weight is 494 g/mol. The van der Waals surface area contributed by atoms with Crippen molar-refractivity contribution in [2.75, 3.05) is 13.2 Å². The molecule has 6 nitrogen and oxygen atoms in total. The summed E-state index contributed by atoms with van der Waals surface area (Å²) in [6.07, 6.45) is 3.01. The maximum absolute atomic E-state index is 15.3. The van der Waals surface area contributed by atoms with Gasteiger partial charge in [0, 0.05) is 29.3 Å². The third-order valence-corrected chi connectivity index (χ3v) is 6.21. The molecule has 1 saturated heterocycles. The lowest BCUT2D eigenvalue weighted by Crippen LogP contribution is -2.25. The zero-order chi connectivity index (χ0) is 25.5. The van der Waals surface area contributed by atoms with Crippen LogP contribution in [0.1, 0.15) is 48.9 Å². The van der Waals surface area contributed by atoms with Crippen LogP contribution in [0.5, 0.6) is 11.5 Å². The van der Waals surface area contributed by atoms with E-state index in [4.69, 9.17) is 19.9 Å². The number of carbonyl (C=O) groups is 1. The summed E-state index contributed by atoms with van der Waals surface area (Å²) in [6, 6.07) is 17.3. The molecule has 2 atom stereocenters. The van der Waals surface area contributed by atoms with Gasteiger partial charge in [0.05, 0.1) is 12.5 Å². The number of nitrogens with two attached hydrogens (primary N) is 1. The summed E-state index contributed by atoms with van der Waals surface area (Å²) in [6.45, 7) is 3.06. The van der Waals surface area contributed by atoms with Crippen LogP contribution in [0, 0.1) is 5.82 Å². The molecule has 0 aliphatic carbocycles. The summed E-state index contributed by atoms with van der Waals surface area (Å²) in [7, 11) is 0. The summed E-state index contributed by atoms with van der Waals surface area (Å²) in [5, 5.41) is 9.20. The smallest absolute Gasteiger partial charge is 0.307 e. The van der Waals surface area contributed by atoms with Crippen LogP contribution in [-0.4, -0.2) is 30.4 Å². The molecule has 0 radical (unpaired) electrons. The number of hydrogen-bond acceptors (Lipinski definition) is 5. The van der Waals surface area contributed by atoms with Gasteiger partial charge in [-0.25, -0.2) is 4.39 Å². The van der Waals surface area contributed by atoms with Gasteiger partial charge in [0.15, 0.2) is 0 Å². The van der Waals surface area contributed by atoms with Gasteiger partial charge in [0.1, 0.15) is 30.5 Å². The van der Waals surface area contributed by atoms with Crippen LogP contribution >= 0.6 is 0 Å². The molecular formula is C29H32FNO5. The molecule has 1 aliphatic rings. The molecule has 4 rings (SSSR count). The Hall–Kier alpha value is -3.42. The van der Waals surface area contributed by atoms with Crippen LogP contribution in [0.3, 0.4) is 0 Å². The maximum atomic E-state index is 15.3. The Labute approximate surface area is 210 Å². The number of aliphatic carboxylic acids is 1. The largest absolute Gasteiger partial charge is 0.491 e. The van der Waals surface area contributed by atoms with Crippen molar-refractivity contribution in [1.29, 1.82) is 0 Å². The predicted molar refractivity (Wildman–Crippen MR) is 136 cm³/mol.